The summed E-state index contributed by atoms with van der Waals surface area (Å²) >= 11 is 0. The third-order valence-electron chi connectivity index (χ3n) is 4.17. The van der Waals surface area contributed by atoms with Gasteiger partial charge in [-0.2, -0.15) is 0 Å². The summed E-state index contributed by atoms with van der Waals surface area (Å²) in [4.78, 5) is 16.0. The summed E-state index contributed by atoms with van der Waals surface area (Å²) in [7, 11) is 0. The molecular weight excluding hydrogens is 269 g/mol. The number of para-hydroxylation sites is 1. The van der Waals surface area contributed by atoms with Gasteiger partial charge in [0.1, 0.15) is 5.82 Å². The lowest BCUT2D eigenvalue weighted by molar-refractivity contribution is -0.131. The maximum absolute atomic E-state index is 13.7. The Hall–Kier alpha value is -1.62. The molecule has 1 saturated heterocycles. The molecule has 2 aliphatic rings. The Morgan fingerprint density at radius 2 is 1.90 bits per heavy atom. The molecule has 0 aromatic heterocycles. The van der Waals surface area contributed by atoms with E-state index in [0.717, 1.165) is 6.54 Å². The number of rotatable bonds is 5. The van der Waals surface area contributed by atoms with Gasteiger partial charge in [0, 0.05) is 45.2 Å². The zero-order valence-electron chi connectivity index (χ0n) is 12.2. The van der Waals surface area contributed by atoms with Crippen molar-refractivity contribution in [2.75, 3.05) is 37.6 Å². The number of benzene rings is 1. The van der Waals surface area contributed by atoms with E-state index in [4.69, 9.17) is 0 Å². The molecule has 0 unspecified atom stereocenters. The van der Waals surface area contributed by atoms with Gasteiger partial charge >= 0.3 is 0 Å². The zero-order chi connectivity index (χ0) is 14.7. The van der Waals surface area contributed by atoms with Crippen LogP contribution in [0.3, 0.4) is 0 Å². The highest BCUT2D eigenvalue weighted by molar-refractivity contribution is 5.76. The monoisotopic (exact) mass is 291 g/mol. The number of carbonyl (C=O) groups excluding carboxylic acids is 1. The highest BCUT2D eigenvalue weighted by atomic mass is 19.1. The van der Waals surface area contributed by atoms with Crippen LogP contribution in [0.15, 0.2) is 24.3 Å². The minimum absolute atomic E-state index is 0.189. The summed E-state index contributed by atoms with van der Waals surface area (Å²) in [6, 6.07) is 7.48. The molecule has 1 aromatic rings. The van der Waals surface area contributed by atoms with E-state index in [9.17, 15) is 9.18 Å². The number of carbonyl (C=O) groups is 1. The fraction of sp³-hybridized carbons (Fsp3) is 0.562. The molecule has 1 N–H and O–H groups in total. The minimum Gasteiger partial charge on any atom is -0.366 e. The van der Waals surface area contributed by atoms with Crippen LogP contribution in [-0.4, -0.2) is 49.6 Å². The summed E-state index contributed by atoms with van der Waals surface area (Å²) < 4.78 is 13.7. The predicted molar refractivity (Wildman–Crippen MR) is 80.8 cm³/mol. The predicted octanol–water partition coefficient (Wildman–Crippen LogP) is 1.62. The fourth-order valence-corrected chi connectivity index (χ4v) is 2.73. The number of anilines is 1. The van der Waals surface area contributed by atoms with E-state index in [1.165, 1.54) is 18.9 Å². The Morgan fingerprint density at radius 1 is 1.19 bits per heavy atom. The average Bonchev–Trinajstić information content (AvgIpc) is 3.32. The summed E-state index contributed by atoms with van der Waals surface area (Å²) in [6.07, 6.45) is 3.06. The second-order valence-corrected chi connectivity index (χ2v) is 5.80. The topological polar surface area (TPSA) is 35.6 Å². The molecular formula is C16H22FN3O. The largest absolute Gasteiger partial charge is 0.366 e. The van der Waals surface area contributed by atoms with Gasteiger partial charge in [-0.15, -0.1) is 0 Å². The van der Waals surface area contributed by atoms with Gasteiger partial charge in [-0.3, -0.25) is 4.79 Å². The molecule has 0 bridgehead atoms. The average molecular weight is 291 g/mol. The van der Waals surface area contributed by atoms with Gasteiger partial charge in [0.05, 0.1) is 5.69 Å². The first-order valence-corrected chi connectivity index (χ1v) is 7.74. The van der Waals surface area contributed by atoms with Gasteiger partial charge in [-0.25, -0.2) is 4.39 Å². The van der Waals surface area contributed by atoms with Crippen LogP contribution in [0.1, 0.15) is 19.3 Å². The first kappa shape index (κ1) is 14.3. The van der Waals surface area contributed by atoms with Crippen LogP contribution in [0.2, 0.25) is 0 Å². The van der Waals surface area contributed by atoms with Crippen LogP contribution in [0.5, 0.6) is 0 Å². The summed E-state index contributed by atoms with van der Waals surface area (Å²) in [6.45, 7) is 3.52. The van der Waals surface area contributed by atoms with Crippen molar-refractivity contribution in [2.45, 2.75) is 25.3 Å². The lowest BCUT2D eigenvalue weighted by atomic mass is 10.2. The lowest BCUT2D eigenvalue weighted by Gasteiger charge is -2.36. The molecule has 0 spiro atoms. The second-order valence-electron chi connectivity index (χ2n) is 5.80. The normalized spacial score (nSPS) is 18.9. The SMILES string of the molecule is O=C(CCNC1CC1)N1CCN(c2ccccc2F)CC1. The quantitative estimate of drug-likeness (QED) is 0.895. The molecule has 1 saturated carbocycles. The van der Waals surface area contributed by atoms with Gasteiger partial charge in [0.15, 0.2) is 0 Å². The lowest BCUT2D eigenvalue weighted by Crippen LogP contribution is -2.49. The Kier molecular flexibility index (Phi) is 4.39. The molecule has 2 fully saturated rings. The highest BCUT2D eigenvalue weighted by Gasteiger charge is 2.24. The Morgan fingerprint density at radius 3 is 2.57 bits per heavy atom. The number of hydrogen-bond acceptors (Lipinski definition) is 3. The molecule has 0 atom stereocenters. The summed E-state index contributed by atoms with van der Waals surface area (Å²) in [5.74, 6) is 0.0160. The van der Waals surface area contributed by atoms with Crippen LogP contribution in [0.4, 0.5) is 10.1 Å². The number of piperazine rings is 1. The van der Waals surface area contributed by atoms with Crippen LogP contribution in [0, 0.1) is 5.82 Å². The molecule has 4 nitrogen and oxygen atoms in total. The number of amides is 1. The highest BCUT2D eigenvalue weighted by Crippen LogP contribution is 2.20. The van der Waals surface area contributed by atoms with Gasteiger partial charge in [-0.1, -0.05) is 12.1 Å². The Balaban J connectivity index is 1.45. The van der Waals surface area contributed by atoms with Crippen molar-refractivity contribution in [1.29, 1.82) is 0 Å². The fourth-order valence-electron chi connectivity index (χ4n) is 2.73. The second kappa shape index (κ2) is 6.43. The molecule has 114 valence electrons. The van der Waals surface area contributed by atoms with E-state index < -0.39 is 0 Å². The van der Waals surface area contributed by atoms with Gasteiger partial charge in [-0.05, 0) is 25.0 Å². The smallest absolute Gasteiger partial charge is 0.223 e. The molecule has 21 heavy (non-hydrogen) atoms. The molecule has 1 aliphatic heterocycles. The molecule has 3 rings (SSSR count). The van der Waals surface area contributed by atoms with Crippen molar-refractivity contribution < 1.29 is 9.18 Å². The molecule has 5 heteroatoms. The standard InChI is InChI=1S/C16H22FN3O/c17-14-3-1-2-4-15(14)19-9-11-20(12-10-19)16(21)7-8-18-13-5-6-13/h1-4,13,18H,5-12H2. The van der Waals surface area contributed by atoms with E-state index in [-0.39, 0.29) is 11.7 Å². The van der Waals surface area contributed by atoms with Gasteiger partial charge < -0.3 is 15.1 Å². The van der Waals surface area contributed by atoms with Crippen molar-refractivity contribution in [3.05, 3.63) is 30.1 Å². The van der Waals surface area contributed by atoms with Crippen LogP contribution >= 0.6 is 0 Å². The third-order valence-corrected chi connectivity index (χ3v) is 4.17. The van der Waals surface area contributed by atoms with E-state index in [1.807, 2.05) is 15.9 Å². The maximum atomic E-state index is 13.7. The number of hydrogen-bond donors (Lipinski definition) is 1. The first-order valence-electron chi connectivity index (χ1n) is 7.74. The van der Waals surface area contributed by atoms with Crippen LogP contribution in [0.25, 0.3) is 0 Å². The zero-order valence-corrected chi connectivity index (χ0v) is 12.2. The Bertz CT molecular complexity index is 496. The molecule has 1 heterocycles. The minimum atomic E-state index is -0.189. The number of nitrogens with zero attached hydrogens (tertiary/aromatic N) is 2. The van der Waals surface area contributed by atoms with Crippen molar-refractivity contribution in [1.82, 2.24) is 10.2 Å². The van der Waals surface area contributed by atoms with E-state index in [2.05, 4.69) is 5.32 Å². The van der Waals surface area contributed by atoms with E-state index in [0.29, 0.717) is 44.3 Å². The summed E-state index contributed by atoms with van der Waals surface area (Å²) in [5, 5.41) is 3.36. The Labute approximate surface area is 124 Å². The maximum Gasteiger partial charge on any atom is 0.223 e. The van der Waals surface area contributed by atoms with Crippen molar-refractivity contribution in [3.8, 4) is 0 Å². The van der Waals surface area contributed by atoms with E-state index in [1.54, 1.807) is 12.1 Å². The van der Waals surface area contributed by atoms with Gasteiger partial charge in [0.25, 0.3) is 0 Å². The van der Waals surface area contributed by atoms with Crippen LogP contribution in [-0.2, 0) is 4.79 Å². The first-order chi connectivity index (χ1) is 10.2. The number of nitrogens with one attached hydrogen (secondary N) is 1. The third kappa shape index (κ3) is 3.73. The van der Waals surface area contributed by atoms with E-state index >= 15 is 0 Å². The molecule has 1 aliphatic carbocycles. The summed E-state index contributed by atoms with van der Waals surface area (Å²) in [5.41, 5.74) is 0.639. The van der Waals surface area contributed by atoms with Crippen molar-refractivity contribution >= 4 is 11.6 Å². The number of halogens is 1. The van der Waals surface area contributed by atoms with Crippen LogP contribution < -0.4 is 10.2 Å². The van der Waals surface area contributed by atoms with Crippen molar-refractivity contribution in [3.63, 3.8) is 0 Å². The van der Waals surface area contributed by atoms with Gasteiger partial charge in [0.2, 0.25) is 5.91 Å². The molecule has 0 radical (unpaired) electrons. The molecule has 1 aromatic carbocycles. The molecule has 1 amide bonds. The van der Waals surface area contributed by atoms with Crippen molar-refractivity contribution in [2.24, 2.45) is 0 Å².